The van der Waals surface area contributed by atoms with Crippen LogP contribution in [0.5, 0.6) is 0 Å². The van der Waals surface area contributed by atoms with Crippen LogP contribution < -0.4 is 5.32 Å². The lowest BCUT2D eigenvalue weighted by atomic mass is 10.1. The van der Waals surface area contributed by atoms with E-state index in [2.05, 4.69) is 15.5 Å². The maximum atomic E-state index is 12.8. The second kappa shape index (κ2) is 5.09. The van der Waals surface area contributed by atoms with Crippen molar-refractivity contribution in [3.05, 3.63) is 36.0 Å². The van der Waals surface area contributed by atoms with Crippen molar-refractivity contribution in [1.29, 1.82) is 0 Å². The Balaban J connectivity index is 1.73. The van der Waals surface area contributed by atoms with E-state index < -0.39 is 0 Å². The molecule has 1 aliphatic carbocycles. The minimum Gasteiger partial charge on any atom is -0.339 e. The van der Waals surface area contributed by atoms with Gasteiger partial charge in [-0.15, -0.1) is 0 Å². The van der Waals surface area contributed by atoms with Gasteiger partial charge in [0.15, 0.2) is 0 Å². The second-order valence-corrected chi connectivity index (χ2v) is 4.96. The molecule has 1 aromatic heterocycles. The van der Waals surface area contributed by atoms with E-state index in [1.807, 2.05) is 7.05 Å². The van der Waals surface area contributed by atoms with Gasteiger partial charge in [-0.3, -0.25) is 0 Å². The molecule has 1 aromatic carbocycles. The molecule has 1 fully saturated rings. The Labute approximate surface area is 111 Å². The Hall–Kier alpha value is -1.75. The van der Waals surface area contributed by atoms with Crippen LogP contribution in [0.3, 0.4) is 0 Å². The maximum absolute atomic E-state index is 12.8. The van der Waals surface area contributed by atoms with Crippen LogP contribution in [0, 0.1) is 11.7 Å². The van der Waals surface area contributed by atoms with Crippen molar-refractivity contribution in [2.75, 3.05) is 7.05 Å². The molecule has 3 rings (SSSR count). The molecule has 0 amide bonds. The van der Waals surface area contributed by atoms with Crippen molar-refractivity contribution >= 4 is 0 Å². The first kappa shape index (κ1) is 12.3. The van der Waals surface area contributed by atoms with Crippen molar-refractivity contribution in [2.45, 2.75) is 25.3 Å². The van der Waals surface area contributed by atoms with Gasteiger partial charge in [-0.05, 0) is 50.1 Å². The van der Waals surface area contributed by atoms with Gasteiger partial charge in [0.25, 0.3) is 0 Å². The Kier molecular flexibility index (Phi) is 3.29. The summed E-state index contributed by atoms with van der Waals surface area (Å²) in [5.74, 6) is 1.61. The number of hydrogen-bond donors (Lipinski definition) is 1. The molecule has 1 unspecified atom stereocenters. The van der Waals surface area contributed by atoms with Crippen LogP contribution in [0.2, 0.25) is 0 Å². The Morgan fingerprint density at radius 3 is 2.74 bits per heavy atom. The van der Waals surface area contributed by atoms with Crippen molar-refractivity contribution < 1.29 is 8.91 Å². The topological polar surface area (TPSA) is 51.0 Å². The summed E-state index contributed by atoms with van der Waals surface area (Å²) >= 11 is 0. The van der Waals surface area contributed by atoms with Crippen molar-refractivity contribution in [2.24, 2.45) is 5.92 Å². The van der Waals surface area contributed by atoms with E-state index in [9.17, 15) is 4.39 Å². The first-order valence-electron chi connectivity index (χ1n) is 6.52. The summed E-state index contributed by atoms with van der Waals surface area (Å²) in [6, 6.07) is 6.50. The van der Waals surface area contributed by atoms with Crippen LogP contribution in [-0.2, 0) is 6.42 Å². The molecule has 2 aromatic rings. The smallest absolute Gasteiger partial charge is 0.228 e. The summed E-state index contributed by atoms with van der Waals surface area (Å²) in [5.41, 5.74) is 0.767. The zero-order valence-corrected chi connectivity index (χ0v) is 10.8. The molecule has 1 N–H and O–H groups in total. The normalized spacial score (nSPS) is 16.5. The number of halogens is 1. The van der Waals surface area contributed by atoms with E-state index in [0.29, 0.717) is 17.8 Å². The zero-order chi connectivity index (χ0) is 13.2. The molecule has 100 valence electrons. The molecule has 0 radical (unpaired) electrons. The Bertz CT molecular complexity index is 548. The lowest BCUT2D eigenvalue weighted by Gasteiger charge is -2.11. The fourth-order valence-electron chi connectivity index (χ4n) is 2.25. The van der Waals surface area contributed by atoms with Gasteiger partial charge in [0.05, 0.1) is 0 Å². The number of aromatic nitrogens is 2. The third-order valence-electron chi connectivity index (χ3n) is 3.53. The van der Waals surface area contributed by atoms with Gasteiger partial charge >= 0.3 is 0 Å². The number of hydrogen-bond acceptors (Lipinski definition) is 4. The summed E-state index contributed by atoms with van der Waals surface area (Å²) < 4.78 is 18.1. The summed E-state index contributed by atoms with van der Waals surface area (Å²) in [6.45, 7) is 0. The van der Waals surface area contributed by atoms with Gasteiger partial charge in [0, 0.05) is 18.0 Å². The molecule has 1 aliphatic rings. The molecule has 5 heteroatoms. The number of nitrogens with one attached hydrogen (secondary N) is 1. The van der Waals surface area contributed by atoms with Gasteiger partial charge in [-0.25, -0.2) is 4.39 Å². The highest BCUT2D eigenvalue weighted by molar-refractivity contribution is 5.53. The Morgan fingerprint density at radius 1 is 1.37 bits per heavy atom. The third kappa shape index (κ3) is 2.81. The van der Waals surface area contributed by atoms with E-state index in [-0.39, 0.29) is 5.82 Å². The van der Waals surface area contributed by atoms with Crippen LogP contribution in [0.15, 0.2) is 28.8 Å². The minimum atomic E-state index is -0.267. The van der Waals surface area contributed by atoms with Crippen LogP contribution >= 0.6 is 0 Å². The fourth-order valence-corrected chi connectivity index (χ4v) is 2.25. The molecule has 19 heavy (non-hydrogen) atoms. The highest BCUT2D eigenvalue weighted by Crippen LogP contribution is 2.33. The number of rotatable bonds is 5. The van der Waals surface area contributed by atoms with Gasteiger partial charge in [0.2, 0.25) is 11.7 Å². The lowest BCUT2D eigenvalue weighted by molar-refractivity contribution is 0.352. The van der Waals surface area contributed by atoms with Crippen LogP contribution in [-0.4, -0.2) is 23.2 Å². The van der Waals surface area contributed by atoms with Crippen LogP contribution in [0.4, 0.5) is 4.39 Å². The van der Waals surface area contributed by atoms with E-state index in [1.54, 1.807) is 12.1 Å². The molecule has 0 bridgehead atoms. The predicted octanol–water partition coefficient (Wildman–Crippen LogP) is 2.42. The SMILES string of the molecule is CNC(Cc1nc(-c2ccc(F)cc2)no1)C1CC1. The number of benzene rings is 1. The summed E-state index contributed by atoms with van der Waals surface area (Å²) in [6.07, 6.45) is 3.28. The quantitative estimate of drug-likeness (QED) is 0.898. The van der Waals surface area contributed by atoms with E-state index in [4.69, 9.17) is 4.52 Å². The number of likely N-dealkylation sites (N-methyl/N-ethyl adjacent to an activating group) is 1. The molecule has 0 spiro atoms. The third-order valence-corrected chi connectivity index (χ3v) is 3.53. The van der Waals surface area contributed by atoms with Gasteiger partial charge in [-0.1, -0.05) is 5.16 Å². The monoisotopic (exact) mass is 261 g/mol. The average Bonchev–Trinajstić information content (AvgIpc) is 3.16. The van der Waals surface area contributed by atoms with Crippen molar-refractivity contribution in [3.8, 4) is 11.4 Å². The molecule has 0 saturated heterocycles. The Morgan fingerprint density at radius 2 is 2.11 bits per heavy atom. The summed E-state index contributed by atoms with van der Waals surface area (Å²) in [7, 11) is 1.96. The largest absolute Gasteiger partial charge is 0.339 e. The first-order valence-corrected chi connectivity index (χ1v) is 6.52. The molecule has 1 heterocycles. The first-order chi connectivity index (χ1) is 9.26. The standard InChI is InChI=1S/C14H16FN3O/c1-16-12(9-2-3-9)8-13-17-14(18-19-13)10-4-6-11(15)7-5-10/h4-7,9,12,16H,2-3,8H2,1H3. The molecule has 1 saturated carbocycles. The van der Waals surface area contributed by atoms with Crippen LogP contribution in [0.1, 0.15) is 18.7 Å². The highest BCUT2D eigenvalue weighted by atomic mass is 19.1. The van der Waals surface area contributed by atoms with E-state index >= 15 is 0 Å². The van der Waals surface area contributed by atoms with Crippen LogP contribution in [0.25, 0.3) is 11.4 Å². The zero-order valence-electron chi connectivity index (χ0n) is 10.8. The summed E-state index contributed by atoms with van der Waals surface area (Å²) in [4.78, 5) is 4.37. The molecular weight excluding hydrogens is 245 g/mol. The fraction of sp³-hybridized carbons (Fsp3) is 0.429. The molecule has 0 aliphatic heterocycles. The van der Waals surface area contributed by atoms with Crippen molar-refractivity contribution in [1.82, 2.24) is 15.5 Å². The second-order valence-electron chi connectivity index (χ2n) is 4.96. The van der Waals surface area contributed by atoms with Gasteiger partial charge < -0.3 is 9.84 Å². The summed E-state index contributed by atoms with van der Waals surface area (Å²) in [5, 5.41) is 7.24. The van der Waals surface area contributed by atoms with E-state index in [0.717, 1.165) is 17.9 Å². The lowest BCUT2D eigenvalue weighted by Crippen LogP contribution is -2.29. The maximum Gasteiger partial charge on any atom is 0.228 e. The van der Waals surface area contributed by atoms with E-state index in [1.165, 1.54) is 25.0 Å². The van der Waals surface area contributed by atoms with Gasteiger partial charge in [-0.2, -0.15) is 4.98 Å². The molecule has 1 atom stereocenters. The average molecular weight is 261 g/mol. The molecule has 4 nitrogen and oxygen atoms in total. The molecular formula is C14H16FN3O. The number of nitrogens with zero attached hydrogens (tertiary/aromatic N) is 2. The predicted molar refractivity (Wildman–Crippen MR) is 69.0 cm³/mol. The van der Waals surface area contributed by atoms with Crippen molar-refractivity contribution in [3.63, 3.8) is 0 Å². The van der Waals surface area contributed by atoms with Gasteiger partial charge in [0.1, 0.15) is 5.82 Å². The highest BCUT2D eigenvalue weighted by Gasteiger charge is 2.31. The minimum absolute atomic E-state index is 0.267.